The van der Waals surface area contributed by atoms with Gasteiger partial charge in [0.25, 0.3) is 0 Å². The smallest absolute Gasteiger partial charge is 0.156 e. The van der Waals surface area contributed by atoms with Gasteiger partial charge in [0.1, 0.15) is 0 Å². The van der Waals surface area contributed by atoms with E-state index in [4.69, 9.17) is 0 Å². The van der Waals surface area contributed by atoms with Crippen LogP contribution in [-0.2, 0) is 13.6 Å². The van der Waals surface area contributed by atoms with Crippen molar-refractivity contribution in [3.05, 3.63) is 29.2 Å². The van der Waals surface area contributed by atoms with E-state index in [1.165, 1.54) is 5.56 Å². The topological polar surface area (TPSA) is 47.7 Å². The molecule has 0 aliphatic rings. The SMILES string of the molecule is Cc1cnn(-c2c(CNCC(C)C)c(C)nn2C)c1. The standard InChI is InChI=1S/C14H23N5/c1-10(2)6-15-8-13-12(4)17-18(5)14(13)19-9-11(3)7-16-19/h7,9-10,15H,6,8H2,1-5H3. The summed E-state index contributed by atoms with van der Waals surface area (Å²) in [5, 5.41) is 12.4. The Kier molecular flexibility index (Phi) is 4.04. The average Bonchev–Trinajstić information content (AvgIpc) is 2.83. The van der Waals surface area contributed by atoms with E-state index in [0.29, 0.717) is 5.92 Å². The molecule has 0 spiro atoms. The first-order valence-corrected chi connectivity index (χ1v) is 6.74. The highest BCUT2D eigenvalue weighted by Gasteiger charge is 2.15. The molecule has 2 rings (SSSR count). The molecule has 0 saturated heterocycles. The maximum absolute atomic E-state index is 4.51. The molecule has 19 heavy (non-hydrogen) atoms. The van der Waals surface area contributed by atoms with E-state index in [1.54, 1.807) is 0 Å². The zero-order valence-electron chi connectivity index (χ0n) is 12.4. The van der Waals surface area contributed by atoms with Crippen molar-refractivity contribution in [2.24, 2.45) is 13.0 Å². The summed E-state index contributed by atoms with van der Waals surface area (Å²) in [6.45, 7) is 10.3. The fourth-order valence-corrected chi connectivity index (χ4v) is 2.20. The fourth-order valence-electron chi connectivity index (χ4n) is 2.20. The Bertz CT molecular complexity index is 550. The van der Waals surface area contributed by atoms with Crippen LogP contribution in [0.25, 0.3) is 5.82 Å². The lowest BCUT2D eigenvalue weighted by molar-refractivity contribution is 0.550. The van der Waals surface area contributed by atoms with E-state index >= 15 is 0 Å². The highest BCUT2D eigenvalue weighted by Crippen LogP contribution is 2.17. The molecule has 0 fully saturated rings. The molecule has 0 saturated carbocycles. The zero-order chi connectivity index (χ0) is 14.0. The van der Waals surface area contributed by atoms with Crippen LogP contribution in [-0.4, -0.2) is 26.1 Å². The number of nitrogens with zero attached hydrogens (tertiary/aromatic N) is 4. The molecule has 104 valence electrons. The van der Waals surface area contributed by atoms with Crippen LogP contribution in [0.1, 0.15) is 30.7 Å². The minimum Gasteiger partial charge on any atom is -0.312 e. The van der Waals surface area contributed by atoms with E-state index in [-0.39, 0.29) is 0 Å². The van der Waals surface area contributed by atoms with Gasteiger partial charge < -0.3 is 5.32 Å². The lowest BCUT2D eigenvalue weighted by Gasteiger charge is -2.09. The third kappa shape index (κ3) is 3.04. The van der Waals surface area contributed by atoms with Crippen molar-refractivity contribution in [1.29, 1.82) is 0 Å². The second-order valence-electron chi connectivity index (χ2n) is 5.50. The summed E-state index contributed by atoms with van der Waals surface area (Å²) in [6.07, 6.45) is 3.90. The van der Waals surface area contributed by atoms with E-state index in [0.717, 1.165) is 30.2 Å². The monoisotopic (exact) mass is 261 g/mol. The van der Waals surface area contributed by atoms with Gasteiger partial charge in [-0.25, -0.2) is 4.68 Å². The van der Waals surface area contributed by atoms with Gasteiger partial charge in [0.15, 0.2) is 5.82 Å². The lowest BCUT2D eigenvalue weighted by Crippen LogP contribution is -2.20. The first-order valence-electron chi connectivity index (χ1n) is 6.74. The number of aromatic nitrogens is 4. The average molecular weight is 261 g/mol. The third-order valence-electron chi connectivity index (χ3n) is 3.10. The number of aryl methyl sites for hydroxylation is 3. The van der Waals surface area contributed by atoms with E-state index in [2.05, 4.69) is 29.4 Å². The van der Waals surface area contributed by atoms with Gasteiger partial charge >= 0.3 is 0 Å². The van der Waals surface area contributed by atoms with Gasteiger partial charge in [-0.2, -0.15) is 10.2 Å². The summed E-state index contributed by atoms with van der Waals surface area (Å²) < 4.78 is 3.80. The zero-order valence-corrected chi connectivity index (χ0v) is 12.4. The largest absolute Gasteiger partial charge is 0.312 e. The number of nitrogens with one attached hydrogen (secondary N) is 1. The Hall–Kier alpha value is -1.62. The van der Waals surface area contributed by atoms with Crippen molar-refractivity contribution in [1.82, 2.24) is 24.9 Å². The molecule has 0 atom stereocenters. The van der Waals surface area contributed by atoms with Crippen LogP contribution in [0, 0.1) is 19.8 Å². The van der Waals surface area contributed by atoms with Crippen molar-refractivity contribution < 1.29 is 0 Å². The molecule has 5 nitrogen and oxygen atoms in total. The van der Waals surface area contributed by atoms with Crippen molar-refractivity contribution >= 4 is 0 Å². The Morgan fingerprint density at radius 3 is 2.63 bits per heavy atom. The van der Waals surface area contributed by atoms with Gasteiger partial charge in [-0.1, -0.05) is 13.8 Å². The van der Waals surface area contributed by atoms with E-state index in [1.807, 2.05) is 42.7 Å². The van der Waals surface area contributed by atoms with E-state index < -0.39 is 0 Å². The summed E-state index contributed by atoms with van der Waals surface area (Å²) in [5.74, 6) is 1.69. The fraction of sp³-hybridized carbons (Fsp3) is 0.571. The Morgan fingerprint density at radius 1 is 1.32 bits per heavy atom. The predicted octanol–water partition coefficient (Wildman–Crippen LogP) is 1.97. The molecule has 0 aliphatic heterocycles. The molecule has 0 aliphatic carbocycles. The summed E-state index contributed by atoms with van der Waals surface area (Å²) in [7, 11) is 1.96. The van der Waals surface area contributed by atoms with Gasteiger partial charge in [-0.05, 0) is 31.9 Å². The summed E-state index contributed by atoms with van der Waals surface area (Å²) in [6, 6.07) is 0. The Labute approximate surface area is 114 Å². The number of hydrogen-bond acceptors (Lipinski definition) is 3. The normalized spacial score (nSPS) is 11.5. The van der Waals surface area contributed by atoms with Crippen LogP contribution < -0.4 is 5.32 Å². The first kappa shape index (κ1) is 13.8. The van der Waals surface area contributed by atoms with Crippen molar-refractivity contribution in [2.45, 2.75) is 34.2 Å². The van der Waals surface area contributed by atoms with Crippen LogP contribution in [0.15, 0.2) is 12.4 Å². The maximum Gasteiger partial charge on any atom is 0.156 e. The molecule has 5 heteroatoms. The molecule has 0 aromatic carbocycles. The molecule has 0 bridgehead atoms. The molecule has 2 aromatic heterocycles. The quantitative estimate of drug-likeness (QED) is 0.895. The molecule has 2 aromatic rings. The Balaban J connectivity index is 2.27. The maximum atomic E-state index is 4.51. The van der Waals surface area contributed by atoms with Crippen LogP contribution in [0.2, 0.25) is 0 Å². The van der Waals surface area contributed by atoms with Crippen molar-refractivity contribution in [2.75, 3.05) is 6.54 Å². The van der Waals surface area contributed by atoms with Crippen LogP contribution in [0.3, 0.4) is 0 Å². The minimum absolute atomic E-state index is 0.646. The molecule has 0 amide bonds. The molecular formula is C14H23N5. The van der Waals surface area contributed by atoms with Crippen LogP contribution in [0.5, 0.6) is 0 Å². The second kappa shape index (κ2) is 5.57. The minimum atomic E-state index is 0.646. The summed E-state index contributed by atoms with van der Waals surface area (Å²) in [5.41, 5.74) is 3.42. The van der Waals surface area contributed by atoms with Gasteiger partial charge in [0.2, 0.25) is 0 Å². The Morgan fingerprint density at radius 2 is 2.05 bits per heavy atom. The number of rotatable bonds is 5. The predicted molar refractivity (Wildman–Crippen MR) is 76.3 cm³/mol. The molecule has 0 unspecified atom stereocenters. The lowest BCUT2D eigenvalue weighted by atomic mass is 10.2. The van der Waals surface area contributed by atoms with Gasteiger partial charge in [0.05, 0.1) is 11.9 Å². The van der Waals surface area contributed by atoms with Gasteiger partial charge in [-0.3, -0.25) is 4.68 Å². The molecule has 0 radical (unpaired) electrons. The molecule has 2 heterocycles. The van der Waals surface area contributed by atoms with E-state index in [9.17, 15) is 0 Å². The van der Waals surface area contributed by atoms with Gasteiger partial charge in [-0.15, -0.1) is 0 Å². The van der Waals surface area contributed by atoms with Crippen molar-refractivity contribution in [3.63, 3.8) is 0 Å². The summed E-state index contributed by atoms with van der Waals surface area (Å²) in [4.78, 5) is 0. The van der Waals surface area contributed by atoms with Crippen LogP contribution >= 0.6 is 0 Å². The van der Waals surface area contributed by atoms with Crippen molar-refractivity contribution in [3.8, 4) is 5.82 Å². The third-order valence-corrected chi connectivity index (χ3v) is 3.10. The molecule has 1 N–H and O–H groups in total. The first-order chi connectivity index (χ1) is 8.99. The van der Waals surface area contributed by atoms with Crippen LogP contribution in [0.4, 0.5) is 0 Å². The number of hydrogen-bond donors (Lipinski definition) is 1. The highest BCUT2D eigenvalue weighted by molar-refractivity contribution is 5.37. The highest BCUT2D eigenvalue weighted by atomic mass is 15.4. The second-order valence-corrected chi connectivity index (χ2v) is 5.50. The molecular weight excluding hydrogens is 238 g/mol. The summed E-state index contributed by atoms with van der Waals surface area (Å²) >= 11 is 0. The van der Waals surface area contributed by atoms with Gasteiger partial charge in [0, 0.05) is 25.4 Å².